The SMILES string of the molecule is C[C@@H]1CC(F)(F)CN(C(=O)c2nn(C)cc2-c2ccc(F)cc2)[C@@H]1CNc1ncc(C(F)(F)F)cn1. The molecule has 4 rings (SSSR count). The zero-order valence-corrected chi connectivity index (χ0v) is 19.2. The Morgan fingerprint density at radius 2 is 1.81 bits per heavy atom. The average molecular weight is 512 g/mol. The van der Waals surface area contributed by atoms with E-state index in [1.165, 1.54) is 35.1 Å². The van der Waals surface area contributed by atoms with Gasteiger partial charge in [-0.2, -0.15) is 18.3 Å². The summed E-state index contributed by atoms with van der Waals surface area (Å²) in [5.41, 5.74) is -0.275. The molecule has 13 heteroatoms. The molecule has 0 unspecified atom stereocenters. The highest BCUT2D eigenvalue weighted by molar-refractivity contribution is 5.99. The minimum Gasteiger partial charge on any atom is -0.352 e. The Labute approximate surface area is 202 Å². The largest absolute Gasteiger partial charge is 0.419 e. The van der Waals surface area contributed by atoms with Gasteiger partial charge in [-0.3, -0.25) is 9.48 Å². The molecule has 36 heavy (non-hydrogen) atoms. The van der Waals surface area contributed by atoms with E-state index >= 15 is 0 Å². The Bertz CT molecular complexity index is 1230. The predicted octanol–water partition coefficient (Wildman–Crippen LogP) is 4.63. The van der Waals surface area contributed by atoms with E-state index in [0.29, 0.717) is 23.5 Å². The summed E-state index contributed by atoms with van der Waals surface area (Å²) in [4.78, 5) is 21.8. The third kappa shape index (κ3) is 5.44. The zero-order chi connectivity index (χ0) is 26.3. The molecule has 3 heterocycles. The van der Waals surface area contributed by atoms with Gasteiger partial charge in [-0.05, 0) is 23.6 Å². The molecule has 0 bridgehead atoms. The van der Waals surface area contributed by atoms with Crippen LogP contribution in [0.1, 0.15) is 29.4 Å². The normalized spacial score (nSPS) is 19.8. The monoisotopic (exact) mass is 512 g/mol. The summed E-state index contributed by atoms with van der Waals surface area (Å²) < 4.78 is 82.1. The van der Waals surface area contributed by atoms with E-state index in [1.807, 2.05) is 0 Å². The number of alkyl halides is 5. The molecule has 0 radical (unpaired) electrons. The summed E-state index contributed by atoms with van der Waals surface area (Å²) in [5.74, 6) is -5.18. The topological polar surface area (TPSA) is 75.9 Å². The van der Waals surface area contributed by atoms with Gasteiger partial charge in [0.05, 0.1) is 18.2 Å². The Kier molecular flexibility index (Phi) is 6.67. The molecule has 0 saturated carbocycles. The molecule has 1 N–H and O–H groups in total. The predicted molar refractivity (Wildman–Crippen MR) is 118 cm³/mol. The molecule has 2 aromatic heterocycles. The first-order valence-corrected chi connectivity index (χ1v) is 11.0. The standard InChI is InChI=1S/C23H22F6N6O/c1-13-7-22(25,26)12-35(18(13)10-32-21-30-8-15(9-31-21)23(27,28)29)20(36)19-17(11-34(2)33-19)14-3-5-16(24)6-4-14/h3-6,8-9,11,13,18H,7,10,12H2,1-2H3,(H,30,31,32)/t13-,18-/m1/s1. The smallest absolute Gasteiger partial charge is 0.352 e. The molecule has 1 fully saturated rings. The number of halogens is 6. The number of nitrogens with zero attached hydrogens (tertiary/aromatic N) is 5. The molecule has 2 atom stereocenters. The van der Waals surface area contributed by atoms with Crippen LogP contribution in [-0.4, -0.2) is 55.6 Å². The van der Waals surface area contributed by atoms with E-state index in [2.05, 4.69) is 20.4 Å². The van der Waals surface area contributed by atoms with Crippen molar-refractivity contribution in [1.82, 2.24) is 24.6 Å². The van der Waals surface area contributed by atoms with Crippen molar-refractivity contribution in [3.05, 3.63) is 59.9 Å². The van der Waals surface area contributed by atoms with Gasteiger partial charge in [-0.1, -0.05) is 19.1 Å². The van der Waals surface area contributed by atoms with Crippen molar-refractivity contribution >= 4 is 11.9 Å². The van der Waals surface area contributed by atoms with Crippen molar-refractivity contribution in [2.75, 3.05) is 18.4 Å². The van der Waals surface area contributed by atoms with E-state index in [9.17, 15) is 31.1 Å². The Balaban J connectivity index is 1.60. The van der Waals surface area contributed by atoms with Crippen molar-refractivity contribution in [3.8, 4) is 11.1 Å². The maximum atomic E-state index is 14.5. The highest BCUT2D eigenvalue weighted by Gasteiger charge is 2.47. The number of carbonyl (C=O) groups excluding carboxylic acids is 1. The van der Waals surface area contributed by atoms with E-state index < -0.39 is 54.3 Å². The Morgan fingerprint density at radius 1 is 1.17 bits per heavy atom. The fourth-order valence-electron chi connectivity index (χ4n) is 4.26. The second-order valence-electron chi connectivity index (χ2n) is 8.78. The number of carbonyl (C=O) groups is 1. The summed E-state index contributed by atoms with van der Waals surface area (Å²) >= 11 is 0. The van der Waals surface area contributed by atoms with Gasteiger partial charge in [-0.15, -0.1) is 0 Å². The second-order valence-corrected chi connectivity index (χ2v) is 8.78. The summed E-state index contributed by atoms with van der Waals surface area (Å²) in [7, 11) is 1.57. The average Bonchev–Trinajstić information content (AvgIpc) is 3.19. The number of rotatable bonds is 5. The third-order valence-electron chi connectivity index (χ3n) is 5.98. The number of anilines is 1. The number of likely N-dealkylation sites (tertiary alicyclic amines) is 1. The van der Waals surface area contributed by atoms with Crippen LogP contribution in [0.2, 0.25) is 0 Å². The first-order valence-electron chi connectivity index (χ1n) is 11.0. The van der Waals surface area contributed by atoms with Crippen molar-refractivity contribution in [3.63, 3.8) is 0 Å². The second kappa shape index (κ2) is 9.43. The van der Waals surface area contributed by atoms with Crippen LogP contribution in [0, 0.1) is 11.7 Å². The number of aryl methyl sites for hydroxylation is 1. The van der Waals surface area contributed by atoms with Gasteiger partial charge in [-0.25, -0.2) is 23.1 Å². The minimum atomic E-state index is -4.60. The summed E-state index contributed by atoms with van der Waals surface area (Å²) in [6, 6.07) is 4.58. The number of aromatic nitrogens is 4. The quantitative estimate of drug-likeness (QED) is 0.505. The van der Waals surface area contributed by atoms with E-state index in [4.69, 9.17) is 0 Å². The van der Waals surface area contributed by atoms with Crippen molar-refractivity contribution in [2.45, 2.75) is 31.5 Å². The van der Waals surface area contributed by atoms with Crippen molar-refractivity contribution in [1.29, 1.82) is 0 Å². The lowest BCUT2D eigenvalue weighted by atomic mass is 9.88. The van der Waals surface area contributed by atoms with Gasteiger partial charge in [0, 0.05) is 44.2 Å². The highest BCUT2D eigenvalue weighted by atomic mass is 19.4. The summed E-state index contributed by atoms with van der Waals surface area (Å²) in [5, 5.41) is 6.93. The molecule has 1 amide bonds. The molecule has 1 aromatic carbocycles. The number of piperidine rings is 1. The van der Waals surface area contributed by atoms with Crippen LogP contribution in [-0.2, 0) is 13.2 Å². The number of amides is 1. The van der Waals surface area contributed by atoms with Crippen molar-refractivity contribution in [2.24, 2.45) is 13.0 Å². The fourth-order valence-corrected chi connectivity index (χ4v) is 4.26. The molecule has 7 nitrogen and oxygen atoms in total. The first-order chi connectivity index (χ1) is 16.8. The van der Waals surface area contributed by atoms with Gasteiger partial charge >= 0.3 is 6.18 Å². The number of hydrogen-bond donors (Lipinski definition) is 1. The van der Waals surface area contributed by atoms with Crippen LogP contribution in [0.3, 0.4) is 0 Å². The van der Waals surface area contributed by atoms with Crippen LogP contribution in [0.25, 0.3) is 11.1 Å². The van der Waals surface area contributed by atoms with Crippen LogP contribution in [0.5, 0.6) is 0 Å². The van der Waals surface area contributed by atoms with Crippen LogP contribution in [0.15, 0.2) is 42.9 Å². The summed E-state index contributed by atoms with van der Waals surface area (Å²) in [6.45, 7) is 0.621. The van der Waals surface area contributed by atoms with Crippen LogP contribution >= 0.6 is 0 Å². The number of nitrogens with one attached hydrogen (secondary N) is 1. The van der Waals surface area contributed by atoms with E-state index in [0.717, 1.165) is 4.90 Å². The lowest BCUT2D eigenvalue weighted by Crippen LogP contribution is -2.57. The maximum absolute atomic E-state index is 14.5. The molecule has 1 saturated heterocycles. The fraction of sp³-hybridized carbons (Fsp3) is 0.391. The molecule has 1 aliphatic heterocycles. The Morgan fingerprint density at radius 3 is 2.42 bits per heavy atom. The van der Waals surface area contributed by atoms with E-state index in [1.54, 1.807) is 14.0 Å². The van der Waals surface area contributed by atoms with Crippen LogP contribution in [0.4, 0.5) is 32.3 Å². The van der Waals surface area contributed by atoms with Gasteiger partial charge in [0.15, 0.2) is 5.69 Å². The van der Waals surface area contributed by atoms with Gasteiger partial charge in [0.2, 0.25) is 5.95 Å². The molecule has 192 valence electrons. The van der Waals surface area contributed by atoms with Gasteiger partial charge in [0.25, 0.3) is 11.8 Å². The first kappa shape index (κ1) is 25.5. The molecule has 1 aliphatic rings. The van der Waals surface area contributed by atoms with Crippen LogP contribution < -0.4 is 5.32 Å². The third-order valence-corrected chi connectivity index (χ3v) is 5.98. The highest BCUT2D eigenvalue weighted by Crippen LogP contribution is 2.36. The van der Waals surface area contributed by atoms with Crippen molar-refractivity contribution < 1.29 is 31.1 Å². The Hall–Kier alpha value is -3.64. The molecular formula is C23H22F6N6O. The van der Waals surface area contributed by atoms with Gasteiger partial charge in [0.1, 0.15) is 5.82 Å². The van der Waals surface area contributed by atoms with Gasteiger partial charge < -0.3 is 10.2 Å². The molecule has 0 aliphatic carbocycles. The summed E-state index contributed by atoms with van der Waals surface area (Å²) in [6.07, 6.45) is -2.32. The lowest BCUT2D eigenvalue weighted by Gasteiger charge is -2.43. The minimum absolute atomic E-state index is 0.0763. The van der Waals surface area contributed by atoms with E-state index in [-0.39, 0.29) is 18.2 Å². The number of hydrogen-bond acceptors (Lipinski definition) is 5. The zero-order valence-electron chi connectivity index (χ0n) is 19.2. The number of benzene rings is 1. The molecular weight excluding hydrogens is 490 g/mol. The molecule has 3 aromatic rings. The molecule has 0 spiro atoms. The maximum Gasteiger partial charge on any atom is 0.419 e. The lowest BCUT2D eigenvalue weighted by molar-refractivity contribution is -0.138.